The molecule has 0 saturated heterocycles. The molecule has 5 heteroatoms. The van der Waals surface area contributed by atoms with Crippen LogP contribution in [0.15, 0.2) is 27.5 Å². The first kappa shape index (κ1) is 20.0. The molecule has 2 rings (SSSR count). The fourth-order valence-corrected chi connectivity index (χ4v) is 3.53. The van der Waals surface area contributed by atoms with Gasteiger partial charge in [0.25, 0.3) is 5.91 Å². The van der Waals surface area contributed by atoms with Gasteiger partial charge in [0, 0.05) is 17.1 Å². The van der Waals surface area contributed by atoms with Crippen LogP contribution < -0.4 is 10.7 Å². The molecule has 1 aromatic carbocycles. The van der Waals surface area contributed by atoms with Gasteiger partial charge in [-0.25, -0.2) is 0 Å². The quantitative estimate of drug-likeness (QED) is 0.743. The van der Waals surface area contributed by atoms with Gasteiger partial charge >= 0.3 is 0 Å². The highest BCUT2D eigenvalue weighted by atomic mass is 79.9. The van der Waals surface area contributed by atoms with Gasteiger partial charge in [-0.05, 0) is 53.7 Å². The Bertz CT molecular complexity index is 930. The molecule has 0 aliphatic heterocycles. The van der Waals surface area contributed by atoms with Gasteiger partial charge < -0.3 is 9.88 Å². The molecule has 4 nitrogen and oxygen atoms in total. The number of aromatic nitrogens is 1. The fourth-order valence-electron chi connectivity index (χ4n) is 3.12. The summed E-state index contributed by atoms with van der Waals surface area (Å²) in [5.74, 6) is 2.17. The third kappa shape index (κ3) is 3.61. The Labute approximate surface area is 162 Å². The van der Waals surface area contributed by atoms with Crippen LogP contribution in [-0.4, -0.2) is 10.5 Å². The summed E-state index contributed by atoms with van der Waals surface area (Å²) in [6.07, 6.45) is 7.03. The number of aryl methyl sites for hydroxylation is 2. The number of para-hydroxylation sites is 1. The zero-order valence-electron chi connectivity index (χ0n) is 15.6. The SMILES string of the molecule is C#CCn1c(C)c(Br)c(=O)c(C(=O)Nc2c(CC)cccc2CC)c1C. The molecule has 1 N–H and O–H groups in total. The van der Waals surface area contributed by atoms with E-state index in [0.717, 1.165) is 29.7 Å². The van der Waals surface area contributed by atoms with Crippen LogP contribution in [0.25, 0.3) is 0 Å². The van der Waals surface area contributed by atoms with E-state index in [1.54, 1.807) is 18.4 Å². The lowest BCUT2D eigenvalue weighted by molar-refractivity contribution is 0.102. The van der Waals surface area contributed by atoms with Crippen molar-refractivity contribution in [3.8, 4) is 12.3 Å². The number of pyridine rings is 1. The lowest BCUT2D eigenvalue weighted by atomic mass is 10.0. The maximum atomic E-state index is 13.0. The zero-order valence-corrected chi connectivity index (χ0v) is 17.2. The summed E-state index contributed by atoms with van der Waals surface area (Å²) in [5, 5.41) is 2.97. The Morgan fingerprint density at radius 2 is 1.77 bits per heavy atom. The van der Waals surface area contributed by atoms with E-state index in [4.69, 9.17) is 6.42 Å². The second-order valence-electron chi connectivity index (χ2n) is 6.09. The second kappa shape index (κ2) is 8.37. The lowest BCUT2D eigenvalue weighted by Crippen LogP contribution is -2.29. The van der Waals surface area contributed by atoms with Crippen LogP contribution >= 0.6 is 15.9 Å². The van der Waals surface area contributed by atoms with E-state index in [9.17, 15) is 9.59 Å². The Kier molecular flexibility index (Phi) is 6.44. The highest BCUT2D eigenvalue weighted by Crippen LogP contribution is 2.24. The molecule has 0 saturated carbocycles. The van der Waals surface area contributed by atoms with Crippen LogP contribution in [0.4, 0.5) is 5.69 Å². The number of hydrogen-bond donors (Lipinski definition) is 1. The van der Waals surface area contributed by atoms with Crippen LogP contribution in [0, 0.1) is 26.2 Å². The van der Waals surface area contributed by atoms with Gasteiger partial charge in [-0.3, -0.25) is 9.59 Å². The van der Waals surface area contributed by atoms with Crippen LogP contribution in [0.5, 0.6) is 0 Å². The molecule has 2 aromatic rings. The Morgan fingerprint density at radius 1 is 1.19 bits per heavy atom. The molecule has 0 fully saturated rings. The summed E-state index contributed by atoms with van der Waals surface area (Å²) in [7, 11) is 0. The van der Waals surface area contributed by atoms with Gasteiger partial charge in [-0.1, -0.05) is 38.0 Å². The van der Waals surface area contributed by atoms with E-state index in [0.29, 0.717) is 22.4 Å². The normalized spacial score (nSPS) is 10.5. The summed E-state index contributed by atoms with van der Waals surface area (Å²) >= 11 is 3.31. The third-order valence-electron chi connectivity index (χ3n) is 4.63. The molecular weight excluding hydrogens is 392 g/mol. The van der Waals surface area contributed by atoms with Crippen LogP contribution in [0.1, 0.15) is 46.7 Å². The number of hydrogen-bond acceptors (Lipinski definition) is 2. The van der Waals surface area contributed by atoms with Crippen LogP contribution in [0.3, 0.4) is 0 Å². The van der Waals surface area contributed by atoms with Crippen molar-refractivity contribution in [2.75, 3.05) is 5.32 Å². The molecule has 0 radical (unpaired) electrons. The highest BCUT2D eigenvalue weighted by Gasteiger charge is 2.22. The topological polar surface area (TPSA) is 51.1 Å². The van der Waals surface area contributed by atoms with E-state index in [-0.39, 0.29) is 11.0 Å². The molecule has 0 aliphatic carbocycles. The van der Waals surface area contributed by atoms with Gasteiger partial charge in [0.15, 0.2) is 0 Å². The van der Waals surface area contributed by atoms with Crippen molar-refractivity contribution in [3.63, 3.8) is 0 Å². The Hall–Kier alpha value is -2.32. The van der Waals surface area contributed by atoms with E-state index >= 15 is 0 Å². The minimum atomic E-state index is -0.408. The molecular formula is C21H23BrN2O2. The summed E-state index contributed by atoms with van der Waals surface area (Å²) < 4.78 is 2.16. The van der Waals surface area contributed by atoms with Gasteiger partial charge in [0.1, 0.15) is 5.56 Å². The molecule has 0 atom stereocenters. The van der Waals surface area contributed by atoms with Crippen molar-refractivity contribution in [2.45, 2.75) is 47.1 Å². The largest absolute Gasteiger partial charge is 0.336 e. The predicted octanol–water partition coefficient (Wildman–Crippen LogP) is 4.24. The molecule has 1 amide bonds. The van der Waals surface area contributed by atoms with Crippen molar-refractivity contribution >= 4 is 27.5 Å². The van der Waals surface area contributed by atoms with Crippen LogP contribution in [0.2, 0.25) is 0 Å². The Balaban J connectivity index is 2.60. The molecule has 0 bridgehead atoms. The van der Waals surface area contributed by atoms with Gasteiger partial charge in [0.2, 0.25) is 5.43 Å². The molecule has 26 heavy (non-hydrogen) atoms. The average Bonchev–Trinajstić information content (AvgIpc) is 2.63. The van der Waals surface area contributed by atoms with E-state index in [2.05, 4.69) is 27.2 Å². The number of amides is 1. The maximum Gasteiger partial charge on any atom is 0.261 e. The van der Waals surface area contributed by atoms with E-state index < -0.39 is 5.91 Å². The number of carbonyl (C=O) groups is 1. The summed E-state index contributed by atoms with van der Waals surface area (Å²) in [4.78, 5) is 25.7. The van der Waals surface area contributed by atoms with Crippen molar-refractivity contribution in [1.82, 2.24) is 4.57 Å². The summed E-state index contributed by atoms with van der Waals surface area (Å²) in [6, 6.07) is 5.97. The zero-order chi connectivity index (χ0) is 19.4. The molecule has 1 aromatic heterocycles. The first-order valence-corrected chi connectivity index (χ1v) is 9.41. The molecule has 0 aliphatic rings. The number of carbonyl (C=O) groups excluding carboxylic acids is 1. The number of terminal acetylenes is 1. The standard InChI is InChI=1S/C21H23BrN2O2/c1-6-12-24-13(4)17(20(25)18(22)14(24)5)21(26)23-19-15(7-2)10-9-11-16(19)8-3/h1,9-11H,7-8,12H2,2-5H3,(H,23,26). The van der Waals surface area contributed by atoms with Gasteiger partial charge in [-0.15, -0.1) is 6.42 Å². The third-order valence-corrected chi connectivity index (χ3v) is 5.56. The lowest BCUT2D eigenvalue weighted by Gasteiger charge is -2.19. The van der Waals surface area contributed by atoms with E-state index in [1.807, 2.05) is 32.0 Å². The number of anilines is 1. The number of halogens is 1. The fraction of sp³-hybridized carbons (Fsp3) is 0.333. The highest BCUT2D eigenvalue weighted by molar-refractivity contribution is 9.10. The van der Waals surface area contributed by atoms with Crippen molar-refractivity contribution < 1.29 is 4.79 Å². The molecule has 136 valence electrons. The second-order valence-corrected chi connectivity index (χ2v) is 6.88. The number of benzene rings is 1. The summed E-state index contributed by atoms with van der Waals surface area (Å²) in [6.45, 7) is 7.93. The number of nitrogens with one attached hydrogen (secondary N) is 1. The van der Waals surface area contributed by atoms with Gasteiger partial charge in [-0.2, -0.15) is 0 Å². The van der Waals surface area contributed by atoms with Crippen LogP contribution in [-0.2, 0) is 19.4 Å². The predicted molar refractivity (Wildman–Crippen MR) is 110 cm³/mol. The molecule has 0 spiro atoms. The summed E-state index contributed by atoms with van der Waals surface area (Å²) in [5.41, 5.74) is 3.96. The first-order valence-electron chi connectivity index (χ1n) is 8.62. The van der Waals surface area contributed by atoms with Crippen molar-refractivity contribution in [3.05, 3.63) is 61.0 Å². The van der Waals surface area contributed by atoms with Crippen molar-refractivity contribution in [2.24, 2.45) is 0 Å². The van der Waals surface area contributed by atoms with Gasteiger partial charge in [0.05, 0.1) is 11.0 Å². The molecule has 0 unspecified atom stereocenters. The minimum Gasteiger partial charge on any atom is -0.336 e. The Morgan fingerprint density at radius 3 is 2.27 bits per heavy atom. The van der Waals surface area contributed by atoms with E-state index in [1.165, 1.54) is 0 Å². The van der Waals surface area contributed by atoms with Crippen molar-refractivity contribution in [1.29, 1.82) is 0 Å². The monoisotopic (exact) mass is 414 g/mol. The molecule has 1 heterocycles. The number of rotatable bonds is 5. The maximum absolute atomic E-state index is 13.0. The average molecular weight is 415 g/mol. The minimum absolute atomic E-state index is 0.116. The number of nitrogens with zero attached hydrogens (tertiary/aromatic N) is 1. The smallest absolute Gasteiger partial charge is 0.261 e. The first-order chi connectivity index (χ1) is 12.4.